The highest BCUT2D eigenvalue weighted by Gasteiger charge is 2.13. The number of non-ortho nitro benzene ring substituents is 1. The largest absolute Gasteiger partial charge is 0.465 e. The van der Waals surface area contributed by atoms with Crippen LogP contribution in [0, 0.1) is 24.0 Å². The average molecular weight is 412 g/mol. The van der Waals surface area contributed by atoms with Gasteiger partial charge < -0.3 is 9.30 Å². The molecular weight excluding hydrogens is 394 g/mol. The Hall–Kier alpha value is -3.45. The minimum Gasteiger partial charge on any atom is -0.465 e. The third kappa shape index (κ3) is 4.20. The van der Waals surface area contributed by atoms with Crippen molar-refractivity contribution in [2.75, 3.05) is 7.11 Å². The smallest absolute Gasteiger partial charge is 0.337 e. The highest BCUT2D eigenvalue weighted by atomic mass is 35.5. The van der Waals surface area contributed by atoms with Crippen LogP contribution in [0.2, 0.25) is 5.02 Å². The third-order valence-corrected chi connectivity index (χ3v) is 4.80. The Balaban J connectivity index is 1.98. The number of carbonyl (C=O) groups is 1. The Labute approximate surface area is 172 Å². The van der Waals surface area contributed by atoms with Gasteiger partial charge in [0.2, 0.25) is 0 Å². The molecule has 7 nitrogen and oxygen atoms in total. The molecule has 8 heteroatoms. The van der Waals surface area contributed by atoms with Crippen LogP contribution in [-0.4, -0.2) is 28.8 Å². The van der Waals surface area contributed by atoms with E-state index in [0.717, 1.165) is 17.0 Å². The predicted molar refractivity (Wildman–Crippen MR) is 112 cm³/mol. The van der Waals surface area contributed by atoms with Crippen LogP contribution in [0.5, 0.6) is 0 Å². The maximum Gasteiger partial charge on any atom is 0.337 e. The van der Waals surface area contributed by atoms with Crippen LogP contribution in [0.1, 0.15) is 27.3 Å². The maximum atomic E-state index is 11.7. The number of hydrogen-bond acceptors (Lipinski definition) is 5. The van der Waals surface area contributed by atoms with E-state index in [9.17, 15) is 14.9 Å². The normalized spacial score (nSPS) is 11.0. The maximum absolute atomic E-state index is 11.7. The number of aliphatic imine (C=N–C) groups is 1. The number of benzene rings is 2. The molecule has 148 valence electrons. The molecule has 0 aliphatic heterocycles. The van der Waals surface area contributed by atoms with Gasteiger partial charge in [-0.15, -0.1) is 0 Å². The van der Waals surface area contributed by atoms with Gasteiger partial charge in [0.1, 0.15) is 0 Å². The first-order valence-corrected chi connectivity index (χ1v) is 9.05. The molecule has 0 atom stereocenters. The molecule has 2 aromatic carbocycles. The van der Waals surface area contributed by atoms with E-state index >= 15 is 0 Å². The number of methoxy groups -OCH3 is 1. The molecule has 0 N–H and O–H groups in total. The van der Waals surface area contributed by atoms with Crippen molar-refractivity contribution in [3.63, 3.8) is 0 Å². The van der Waals surface area contributed by atoms with Crippen molar-refractivity contribution in [3.8, 4) is 5.69 Å². The Morgan fingerprint density at radius 3 is 2.66 bits per heavy atom. The summed E-state index contributed by atoms with van der Waals surface area (Å²) in [6.45, 7) is 3.81. The number of carbonyl (C=O) groups excluding carboxylic acids is 1. The van der Waals surface area contributed by atoms with E-state index < -0.39 is 10.9 Å². The van der Waals surface area contributed by atoms with E-state index in [-0.39, 0.29) is 5.69 Å². The average Bonchev–Trinajstić information content (AvgIpc) is 3.00. The summed E-state index contributed by atoms with van der Waals surface area (Å²) >= 11 is 6.19. The Bertz CT molecular complexity index is 1130. The van der Waals surface area contributed by atoms with Crippen LogP contribution in [0.4, 0.5) is 11.4 Å². The minimum absolute atomic E-state index is 0.0247. The van der Waals surface area contributed by atoms with Gasteiger partial charge in [-0.1, -0.05) is 17.7 Å². The monoisotopic (exact) mass is 411 g/mol. The molecule has 3 aromatic rings. The Morgan fingerprint density at radius 1 is 1.21 bits per heavy atom. The van der Waals surface area contributed by atoms with Crippen molar-refractivity contribution in [2.24, 2.45) is 4.99 Å². The zero-order chi connectivity index (χ0) is 21.1. The van der Waals surface area contributed by atoms with Gasteiger partial charge in [0.25, 0.3) is 5.69 Å². The molecule has 0 spiro atoms. The topological polar surface area (TPSA) is 86.7 Å². The fourth-order valence-corrected chi connectivity index (χ4v) is 3.22. The quantitative estimate of drug-likeness (QED) is 0.250. The molecule has 0 saturated carbocycles. The number of rotatable bonds is 5. The minimum atomic E-state index is -0.470. The molecule has 0 aliphatic carbocycles. The van der Waals surface area contributed by atoms with Crippen LogP contribution in [0.15, 0.2) is 53.5 Å². The van der Waals surface area contributed by atoms with Crippen molar-refractivity contribution in [3.05, 3.63) is 86.2 Å². The molecule has 0 radical (unpaired) electrons. The number of aryl methyl sites for hydroxylation is 1. The summed E-state index contributed by atoms with van der Waals surface area (Å²) in [6, 6.07) is 13.1. The molecule has 0 fully saturated rings. The van der Waals surface area contributed by atoms with E-state index in [4.69, 9.17) is 16.3 Å². The first-order valence-electron chi connectivity index (χ1n) is 8.67. The molecule has 1 aromatic heterocycles. The summed E-state index contributed by atoms with van der Waals surface area (Å²) in [5.41, 5.74) is 4.11. The molecule has 0 saturated heterocycles. The summed E-state index contributed by atoms with van der Waals surface area (Å²) in [6.07, 6.45) is 1.65. The van der Waals surface area contributed by atoms with Crippen LogP contribution in [-0.2, 0) is 4.74 Å². The summed E-state index contributed by atoms with van der Waals surface area (Å²) in [5, 5.41) is 11.5. The lowest BCUT2D eigenvalue weighted by atomic mass is 10.2. The Morgan fingerprint density at radius 2 is 1.97 bits per heavy atom. The van der Waals surface area contributed by atoms with Gasteiger partial charge >= 0.3 is 5.97 Å². The zero-order valence-electron chi connectivity index (χ0n) is 16.0. The third-order valence-electron chi connectivity index (χ3n) is 4.48. The van der Waals surface area contributed by atoms with Gasteiger partial charge in [0.05, 0.1) is 34.0 Å². The van der Waals surface area contributed by atoms with Crippen molar-refractivity contribution >= 4 is 35.2 Å². The van der Waals surface area contributed by atoms with Crippen molar-refractivity contribution < 1.29 is 14.5 Å². The van der Waals surface area contributed by atoms with Gasteiger partial charge in [-0.3, -0.25) is 15.1 Å². The van der Waals surface area contributed by atoms with E-state index in [1.807, 2.05) is 30.5 Å². The summed E-state index contributed by atoms with van der Waals surface area (Å²) in [5.74, 6) is -0.470. The van der Waals surface area contributed by atoms with Crippen molar-refractivity contribution in [2.45, 2.75) is 13.8 Å². The van der Waals surface area contributed by atoms with Gasteiger partial charge in [-0.25, -0.2) is 4.79 Å². The summed E-state index contributed by atoms with van der Waals surface area (Å²) in [7, 11) is 1.31. The zero-order valence-corrected chi connectivity index (χ0v) is 16.8. The highest BCUT2D eigenvalue weighted by Crippen LogP contribution is 2.27. The molecule has 0 aliphatic rings. The first-order chi connectivity index (χ1) is 13.8. The number of hydrogen-bond donors (Lipinski definition) is 0. The number of ether oxygens (including phenoxy) is 1. The van der Waals surface area contributed by atoms with Crippen molar-refractivity contribution in [1.82, 2.24) is 4.57 Å². The molecule has 29 heavy (non-hydrogen) atoms. The van der Waals surface area contributed by atoms with Crippen LogP contribution in [0.3, 0.4) is 0 Å². The lowest BCUT2D eigenvalue weighted by Crippen LogP contribution is -2.01. The number of esters is 1. The second kappa shape index (κ2) is 8.28. The van der Waals surface area contributed by atoms with Gasteiger partial charge in [0, 0.05) is 35.3 Å². The van der Waals surface area contributed by atoms with Gasteiger partial charge in [-0.2, -0.15) is 0 Å². The van der Waals surface area contributed by atoms with Crippen LogP contribution >= 0.6 is 11.6 Å². The van der Waals surface area contributed by atoms with Gasteiger partial charge in [-0.05, 0) is 44.2 Å². The highest BCUT2D eigenvalue weighted by molar-refractivity contribution is 6.33. The second-order valence-corrected chi connectivity index (χ2v) is 6.76. The molecule has 0 unspecified atom stereocenters. The standard InChI is InChI=1S/C21H18ClN3O4/c1-13-9-16(12-23-20-10-15(21(26)29-3)7-8-19(20)22)14(2)24(13)17-5-4-6-18(11-17)25(27)28/h4-12H,1-3H3. The first kappa shape index (κ1) is 20.3. The van der Waals surface area contributed by atoms with E-state index in [0.29, 0.717) is 22.0 Å². The lowest BCUT2D eigenvalue weighted by molar-refractivity contribution is -0.384. The van der Waals surface area contributed by atoms with Crippen LogP contribution in [0.25, 0.3) is 5.69 Å². The molecular formula is C21H18ClN3O4. The van der Waals surface area contributed by atoms with Crippen LogP contribution < -0.4 is 0 Å². The number of halogens is 1. The number of nitrogens with zero attached hydrogens (tertiary/aromatic N) is 3. The summed E-state index contributed by atoms with van der Waals surface area (Å²) < 4.78 is 6.64. The SMILES string of the molecule is COC(=O)c1ccc(Cl)c(N=Cc2cc(C)n(-c3cccc([N+](=O)[O-])c3)c2C)c1. The number of aromatic nitrogens is 1. The van der Waals surface area contributed by atoms with Gasteiger partial charge in [0.15, 0.2) is 0 Å². The molecule has 0 bridgehead atoms. The van der Waals surface area contributed by atoms with E-state index in [1.165, 1.54) is 19.2 Å². The van der Waals surface area contributed by atoms with Crippen molar-refractivity contribution in [1.29, 1.82) is 0 Å². The fourth-order valence-electron chi connectivity index (χ4n) is 3.06. The fraction of sp³-hybridized carbons (Fsp3) is 0.143. The Kier molecular flexibility index (Phi) is 5.79. The summed E-state index contributed by atoms with van der Waals surface area (Å²) in [4.78, 5) is 26.8. The molecule has 0 amide bonds. The lowest BCUT2D eigenvalue weighted by Gasteiger charge is -2.09. The number of nitro groups is 1. The van der Waals surface area contributed by atoms with E-state index in [2.05, 4.69) is 4.99 Å². The predicted octanol–water partition coefficient (Wildman–Crippen LogP) is 5.19. The molecule has 3 rings (SSSR count). The number of nitro benzene ring substituents is 1. The van der Waals surface area contributed by atoms with E-state index in [1.54, 1.807) is 30.5 Å². The second-order valence-electron chi connectivity index (χ2n) is 6.35. The molecule has 1 heterocycles.